The van der Waals surface area contributed by atoms with Gasteiger partial charge >= 0.3 is 0 Å². The Morgan fingerprint density at radius 1 is 1.33 bits per heavy atom. The maximum atomic E-state index is 5.86. The summed E-state index contributed by atoms with van der Waals surface area (Å²) >= 11 is 0. The molecule has 82 valence electrons. The fraction of sp³-hybridized carbons (Fsp3) is 0.500. The predicted octanol–water partition coefficient (Wildman–Crippen LogP) is 2.17. The van der Waals surface area contributed by atoms with Crippen molar-refractivity contribution in [2.45, 2.75) is 25.8 Å². The molecule has 15 heavy (non-hydrogen) atoms. The summed E-state index contributed by atoms with van der Waals surface area (Å²) in [6.45, 7) is 3.74. The molecule has 0 atom stereocenters. The van der Waals surface area contributed by atoms with E-state index in [1.54, 1.807) is 0 Å². The van der Waals surface area contributed by atoms with Crippen LogP contribution in [-0.2, 0) is 4.74 Å². The van der Waals surface area contributed by atoms with Crippen molar-refractivity contribution in [2.24, 2.45) is 0 Å². The number of nitrogens with one attached hydrogen (secondary N) is 1. The molecule has 1 saturated heterocycles. The van der Waals surface area contributed by atoms with Crippen LogP contribution in [-0.4, -0.2) is 19.3 Å². The van der Waals surface area contributed by atoms with E-state index in [4.69, 9.17) is 10.5 Å². The Hall–Kier alpha value is -1.22. The maximum Gasteiger partial charge on any atom is 0.0485 e. The van der Waals surface area contributed by atoms with E-state index < -0.39 is 0 Å². The zero-order valence-electron chi connectivity index (χ0n) is 9.12. The standard InChI is InChI=1S/C12H18N2O/c1-9-2-3-11(8-12(9)13)14-10-4-6-15-7-5-10/h2-3,8,10,14H,4-7,13H2,1H3. The van der Waals surface area contributed by atoms with Crippen molar-refractivity contribution in [1.29, 1.82) is 0 Å². The monoisotopic (exact) mass is 206 g/mol. The SMILES string of the molecule is Cc1ccc(NC2CCOCC2)cc1N. The van der Waals surface area contributed by atoms with Crippen LogP contribution in [0.15, 0.2) is 18.2 Å². The van der Waals surface area contributed by atoms with Crippen LogP contribution in [0.5, 0.6) is 0 Å². The molecule has 0 bridgehead atoms. The van der Waals surface area contributed by atoms with Crippen LogP contribution in [0.1, 0.15) is 18.4 Å². The van der Waals surface area contributed by atoms with Gasteiger partial charge in [0.15, 0.2) is 0 Å². The van der Waals surface area contributed by atoms with Crippen molar-refractivity contribution in [2.75, 3.05) is 24.3 Å². The highest BCUT2D eigenvalue weighted by Crippen LogP contribution is 2.20. The normalized spacial score (nSPS) is 17.7. The fourth-order valence-corrected chi connectivity index (χ4v) is 1.81. The van der Waals surface area contributed by atoms with E-state index in [9.17, 15) is 0 Å². The van der Waals surface area contributed by atoms with Crippen LogP contribution in [0.2, 0.25) is 0 Å². The molecule has 0 aliphatic carbocycles. The lowest BCUT2D eigenvalue weighted by Gasteiger charge is -2.24. The van der Waals surface area contributed by atoms with E-state index in [-0.39, 0.29) is 0 Å². The molecule has 1 fully saturated rings. The Kier molecular flexibility index (Phi) is 3.11. The summed E-state index contributed by atoms with van der Waals surface area (Å²) < 4.78 is 5.32. The van der Waals surface area contributed by atoms with Gasteiger partial charge in [-0.05, 0) is 37.5 Å². The van der Waals surface area contributed by atoms with Gasteiger partial charge in [0.05, 0.1) is 0 Å². The van der Waals surface area contributed by atoms with Crippen molar-refractivity contribution < 1.29 is 4.74 Å². The van der Waals surface area contributed by atoms with Crippen molar-refractivity contribution in [3.63, 3.8) is 0 Å². The number of hydrogen-bond acceptors (Lipinski definition) is 3. The summed E-state index contributed by atoms with van der Waals surface area (Å²) in [5, 5.41) is 3.49. The predicted molar refractivity (Wildman–Crippen MR) is 63.1 cm³/mol. The van der Waals surface area contributed by atoms with Gasteiger partial charge in [-0.2, -0.15) is 0 Å². The van der Waals surface area contributed by atoms with Gasteiger partial charge in [-0.25, -0.2) is 0 Å². The average molecular weight is 206 g/mol. The van der Waals surface area contributed by atoms with Gasteiger partial charge in [0.1, 0.15) is 0 Å². The summed E-state index contributed by atoms with van der Waals surface area (Å²) in [7, 11) is 0. The molecule has 0 aromatic heterocycles. The van der Waals surface area contributed by atoms with E-state index in [0.29, 0.717) is 6.04 Å². The van der Waals surface area contributed by atoms with Crippen LogP contribution < -0.4 is 11.1 Å². The minimum absolute atomic E-state index is 0.529. The summed E-state index contributed by atoms with van der Waals surface area (Å²) in [4.78, 5) is 0. The average Bonchev–Trinajstić information content (AvgIpc) is 2.25. The Labute approximate surface area is 90.6 Å². The lowest BCUT2D eigenvalue weighted by Crippen LogP contribution is -2.27. The van der Waals surface area contributed by atoms with Crippen LogP contribution >= 0.6 is 0 Å². The van der Waals surface area contributed by atoms with Gasteiger partial charge < -0.3 is 15.8 Å². The molecule has 2 rings (SSSR count). The van der Waals surface area contributed by atoms with E-state index in [1.807, 2.05) is 13.0 Å². The van der Waals surface area contributed by atoms with E-state index in [2.05, 4.69) is 17.4 Å². The first kappa shape index (κ1) is 10.3. The van der Waals surface area contributed by atoms with Gasteiger partial charge in [0.25, 0.3) is 0 Å². The van der Waals surface area contributed by atoms with Crippen molar-refractivity contribution in [3.8, 4) is 0 Å². The molecular weight excluding hydrogens is 188 g/mol. The number of aryl methyl sites for hydroxylation is 1. The van der Waals surface area contributed by atoms with E-state index >= 15 is 0 Å². The second-order valence-corrected chi connectivity index (χ2v) is 4.10. The molecule has 0 radical (unpaired) electrons. The Morgan fingerprint density at radius 2 is 2.07 bits per heavy atom. The second kappa shape index (κ2) is 4.53. The third-order valence-electron chi connectivity index (χ3n) is 2.87. The molecule has 1 aliphatic heterocycles. The molecule has 3 nitrogen and oxygen atoms in total. The molecular formula is C12H18N2O. The molecule has 0 amide bonds. The smallest absolute Gasteiger partial charge is 0.0485 e. The lowest BCUT2D eigenvalue weighted by atomic mass is 10.1. The van der Waals surface area contributed by atoms with Crippen LogP contribution in [0.25, 0.3) is 0 Å². The van der Waals surface area contributed by atoms with Gasteiger partial charge in [0, 0.05) is 30.6 Å². The van der Waals surface area contributed by atoms with Crippen molar-refractivity contribution in [1.82, 2.24) is 0 Å². The first-order chi connectivity index (χ1) is 7.25. The number of anilines is 2. The highest BCUT2D eigenvalue weighted by molar-refractivity contribution is 5.58. The molecule has 3 heteroatoms. The lowest BCUT2D eigenvalue weighted by molar-refractivity contribution is 0.0904. The number of rotatable bonds is 2. The Morgan fingerprint density at radius 3 is 2.73 bits per heavy atom. The Bertz CT molecular complexity index is 332. The topological polar surface area (TPSA) is 47.3 Å². The number of nitrogens with two attached hydrogens (primary N) is 1. The van der Waals surface area contributed by atoms with Crippen LogP contribution in [0.4, 0.5) is 11.4 Å². The summed E-state index contributed by atoms with van der Waals surface area (Å²) in [6.07, 6.45) is 2.15. The number of nitrogen functional groups attached to an aromatic ring is 1. The molecule has 0 spiro atoms. The van der Waals surface area contributed by atoms with Gasteiger partial charge in [0.2, 0.25) is 0 Å². The first-order valence-electron chi connectivity index (χ1n) is 5.46. The van der Waals surface area contributed by atoms with E-state index in [1.165, 1.54) is 0 Å². The summed E-state index contributed by atoms with van der Waals surface area (Å²) in [5.41, 5.74) is 8.96. The minimum atomic E-state index is 0.529. The van der Waals surface area contributed by atoms with Gasteiger partial charge in [-0.1, -0.05) is 6.07 Å². The molecule has 1 aromatic carbocycles. The molecule has 0 unspecified atom stereocenters. The maximum absolute atomic E-state index is 5.86. The highest BCUT2D eigenvalue weighted by atomic mass is 16.5. The largest absolute Gasteiger partial charge is 0.398 e. The van der Waals surface area contributed by atoms with E-state index in [0.717, 1.165) is 43.0 Å². The van der Waals surface area contributed by atoms with Crippen molar-refractivity contribution in [3.05, 3.63) is 23.8 Å². The number of benzene rings is 1. The first-order valence-corrected chi connectivity index (χ1v) is 5.46. The van der Waals surface area contributed by atoms with Crippen LogP contribution in [0, 0.1) is 6.92 Å². The van der Waals surface area contributed by atoms with Crippen molar-refractivity contribution >= 4 is 11.4 Å². The molecule has 1 aliphatic rings. The zero-order valence-corrected chi connectivity index (χ0v) is 9.12. The minimum Gasteiger partial charge on any atom is -0.398 e. The third kappa shape index (κ3) is 2.63. The summed E-state index contributed by atoms with van der Waals surface area (Å²) in [5.74, 6) is 0. The molecule has 3 N–H and O–H groups in total. The number of hydrogen-bond donors (Lipinski definition) is 2. The summed E-state index contributed by atoms with van der Waals surface area (Å²) in [6, 6.07) is 6.67. The molecule has 1 aromatic rings. The quantitative estimate of drug-likeness (QED) is 0.729. The molecule has 0 saturated carbocycles. The third-order valence-corrected chi connectivity index (χ3v) is 2.87. The number of ether oxygens (including phenoxy) is 1. The molecule has 1 heterocycles. The fourth-order valence-electron chi connectivity index (χ4n) is 1.81. The highest BCUT2D eigenvalue weighted by Gasteiger charge is 2.13. The Balaban J connectivity index is 2.00. The van der Waals surface area contributed by atoms with Crippen LogP contribution in [0.3, 0.4) is 0 Å². The van der Waals surface area contributed by atoms with Gasteiger partial charge in [-0.15, -0.1) is 0 Å². The zero-order chi connectivity index (χ0) is 10.7. The second-order valence-electron chi connectivity index (χ2n) is 4.10. The van der Waals surface area contributed by atoms with Gasteiger partial charge in [-0.3, -0.25) is 0 Å².